The van der Waals surface area contributed by atoms with E-state index < -0.39 is 0 Å². The molecule has 0 spiro atoms. The van der Waals surface area contributed by atoms with Crippen LogP contribution in [0.15, 0.2) is 97.1 Å². The van der Waals surface area contributed by atoms with Crippen LogP contribution in [0, 0.1) is 0 Å². The zero-order chi connectivity index (χ0) is 19.2. The fourth-order valence-corrected chi connectivity index (χ4v) is 4.77. The Hall–Kier alpha value is -3.16. The van der Waals surface area contributed by atoms with Gasteiger partial charge in [0, 0.05) is 0 Å². The Kier molecular flexibility index (Phi) is 3.88. The predicted molar refractivity (Wildman–Crippen MR) is 121 cm³/mol. The van der Waals surface area contributed by atoms with Gasteiger partial charge in [0.25, 0.3) is 0 Å². The average Bonchev–Trinajstić information content (AvgIpc) is 3.59. The summed E-state index contributed by atoms with van der Waals surface area (Å²) in [5.74, 6) is 0. The lowest BCUT2D eigenvalue weighted by molar-refractivity contribution is 0.373. The number of rotatable bonds is 0. The first-order valence-corrected chi connectivity index (χ1v) is 10.4. The summed E-state index contributed by atoms with van der Waals surface area (Å²) < 4.78 is 5.74. The van der Waals surface area contributed by atoms with E-state index in [2.05, 4.69) is 97.1 Å². The fraction of sp³-hybridized carbons (Fsp3) is 0.143. The average molecular weight is 374 g/mol. The quantitative estimate of drug-likeness (QED) is 0.206. The number of ether oxygens (including phenoxy) is 1. The van der Waals surface area contributed by atoms with Gasteiger partial charge in [0.1, 0.15) is 6.10 Å². The van der Waals surface area contributed by atoms with Crippen molar-refractivity contribution in [1.29, 1.82) is 0 Å². The highest BCUT2D eigenvalue weighted by atomic mass is 16.6. The van der Waals surface area contributed by atoms with Crippen LogP contribution in [0.25, 0.3) is 32.3 Å². The first-order valence-electron chi connectivity index (χ1n) is 10.4. The Morgan fingerprint density at radius 1 is 0.552 bits per heavy atom. The van der Waals surface area contributed by atoms with E-state index in [-0.39, 0.29) is 0 Å². The van der Waals surface area contributed by atoms with Crippen molar-refractivity contribution in [3.63, 3.8) is 0 Å². The van der Waals surface area contributed by atoms with Crippen molar-refractivity contribution in [2.24, 2.45) is 0 Å². The molecule has 0 radical (unpaired) electrons. The lowest BCUT2D eigenvalue weighted by Crippen LogP contribution is -2.04. The van der Waals surface area contributed by atoms with E-state index in [0.717, 1.165) is 6.42 Å². The minimum Gasteiger partial charge on any atom is -0.364 e. The molecule has 29 heavy (non-hydrogen) atoms. The SMILES string of the molecule is c1ccc2c(c1)ccc1c3c(ccc12)C1OC1CC3.c1ccc2ccccc2c1. The second-order valence-corrected chi connectivity index (χ2v) is 8.00. The smallest absolute Gasteiger partial charge is 0.109 e. The maximum absolute atomic E-state index is 5.74. The molecule has 0 saturated carbocycles. The van der Waals surface area contributed by atoms with Gasteiger partial charge in [-0.3, -0.25) is 0 Å². The van der Waals surface area contributed by atoms with Gasteiger partial charge in [-0.05, 0) is 56.3 Å². The molecular formula is C28H22O. The maximum atomic E-state index is 5.74. The van der Waals surface area contributed by atoms with Crippen LogP contribution in [0.2, 0.25) is 0 Å². The van der Waals surface area contributed by atoms with Gasteiger partial charge < -0.3 is 4.74 Å². The number of hydrogen-bond acceptors (Lipinski definition) is 1. The van der Waals surface area contributed by atoms with Gasteiger partial charge in [-0.1, -0.05) is 97.1 Å². The summed E-state index contributed by atoms with van der Waals surface area (Å²) in [5, 5.41) is 8.11. The first-order chi connectivity index (χ1) is 14.4. The molecule has 140 valence electrons. The molecule has 1 saturated heterocycles. The summed E-state index contributed by atoms with van der Waals surface area (Å²) in [6.45, 7) is 0. The molecule has 7 rings (SSSR count). The van der Waals surface area contributed by atoms with Gasteiger partial charge in [-0.2, -0.15) is 0 Å². The summed E-state index contributed by atoms with van der Waals surface area (Å²) in [4.78, 5) is 0. The Bertz CT molecular complexity index is 1290. The van der Waals surface area contributed by atoms with Crippen LogP contribution in [0.4, 0.5) is 0 Å². The summed E-state index contributed by atoms with van der Waals surface area (Å²) in [6.07, 6.45) is 3.24. The van der Waals surface area contributed by atoms with Crippen molar-refractivity contribution in [1.82, 2.24) is 0 Å². The van der Waals surface area contributed by atoms with Crippen molar-refractivity contribution in [2.45, 2.75) is 25.0 Å². The third-order valence-electron chi connectivity index (χ3n) is 6.30. The monoisotopic (exact) mass is 374 g/mol. The van der Waals surface area contributed by atoms with E-state index >= 15 is 0 Å². The molecule has 0 bridgehead atoms. The highest BCUT2D eigenvalue weighted by Crippen LogP contribution is 2.48. The van der Waals surface area contributed by atoms with Crippen LogP contribution in [0.3, 0.4) is 0 Å². The third-order valence-corrected chi connectivity index (χ3v) is 6.30. The van der Waals surface area contributed by atoms with Crippen LogP contribution in [-0.2, 0) is 11.2 Å². The van der Waals surface area contributed by atoms with Gasteiger partial charge >= 0.3 is 0 Å². The second-order valence-electron chi connectivity index (χ2n) is 8.00. The van der Waals surface area contributed by atoms with Crippen molar-refractivity contribution in [3.05, 3.63) is 108 Å². The van der Waals surface area contributed by atoms with E-state index in [1.54, 1.807) is 0 Å². The largest absolute Gasteiger partial charge is 0.364 e. The summed E-state index contributed by atoms with van der Waals surface area (Å²) in [6, 6.07) is 34.5. The van der Waals surface area contributed by atoms with E-state index in [1.165, 1.54) is 49.9 Å². The van der Waals surface area contributed by atoms with Gasteiger partial charge in [0.15, 0.2) is 0 Å². The minimum atomic E-state index is 0.389. The Morgan fingerprint density at radius 3 is 1.90 bits per heavy atom. The van der Waals surface area contributed by atoms with Crippen LogP contribution in [0.1, 0.15) is 23.7 Å². The number of epoxide rings is 1. The zero-order valence-electron chi connectivity index (χ0n) is 16.2. The fourth-order valence-electron chi connectivity index (χ4n) is 4.77. The van der Waals surface area contributed by atoms with Crippen molar-refractivity contribution in [2.75, 3.05) is 0 Å². The molecule has 5 aromatic rings. The van der Waals surface area contributed by atoms with E-state index in [4.69, 9.17) is 4.74 Å². The van der Waals surface area contributed by atoms with E-state index in [9.17, 15) is 0 Å². The van der Waals surface area contributed by atoms with Gasteiger partial charge in [0.2, 0.25) is 0 Å². The summed E-state index contributed by atoms with van der Waals surface area (Å²) in [7, 11) is 0. The lowest BCUT2D eigenvalue weighted by atomic mass is 9.86. The topological polar surface area (TPSA) is 12.5 Å². The predicted octanol–water partition coefficient (Wildman–Crippen LogP) is 7.22. The van der Waals surface area contributed by atoms with Crippen molar-refractivity contribution >= 4 is 32.3 Å². The molecule has 1 fully saturated rings. The molecule has 0 N–H and O–H groups in total. The molecule has 2 aliphatic rings. The Morgan fingerprint density at radius 2 is 1.17 bits per heavy atom. The third kappa shape index (κ3) is 2.90. The Labute approximate surface area is 170 Å². The Balaban J connectivity index is 0.000000140. The molecule has 2 unspecified atom stereocenters. The molecule has 0 amide bonds. The highest BCUT2D eigenvalue weighted by Gasteiger charge is 2.44. The number of benzene rings is 5. The molecule has 2 atom stereocenters. The number of hydrogen-bond donors (Lipinski definition) is 0. The number of aryl methyl sites for hydroxylation is 1. The van der Waals surface area contributed by atoms with Gasteiger partial charge in [0.05, 0.1) is 6.10 Å². The maximum Gasteiger partial charge on any atom is 0.109 e. The summed E-state index contributed by atoms with van der Waals surface area (Å²) >= 11 is 0. The standard InChI is InChI=1S/C18H14O.C10H8/c1-2-4-12-11(3-1)5-6-14-13(12)7-8-16-15(14)9-10-17-18(16)19-17;1-2-6-10-8-4-3-7-9(10)5-1/h1-8,17-18H,9-10H2;1-8H. The molecule has 0 aromatic heterocycles. The normalized spacial score (nSPS) is 19.3. The molecular weight excluding hydrogens is 352 g/mol. The molecule has 5 aromatic carbocycles. The number of fused-ring (bicyclic) bond motifs is 8. The van der Waals surface area contributed by atoms with Crippen LogP contribution >= 0.6 is 0 Å². The van der Waals surface area contributed by atoms with E-state index in [0.29, 0.717) is 12.2 Å². The molecule has 1 aliphatic heterocycles. The van der Waals surface area contributed by atoms with Crippen LogP contribution < -0.4 is 0 Å². The van der Waals surface area contributed by atoms with Crippen molar-refractivity contribution in [3.8, 4) is 0 Å². The lowest BCUT2D eigenvalue weighted by Gasteiger charge is -2.16. The summed E-state index contributed by atoms with van der Waals surface area (Å²) in [5.41, 5.74) is 2.95. The minimum absolute atomic E-state index is 0.389. The zero-order valence-corrected chi connectivity index (χ0v) is 16.2. The van der Waals surface area contributed by atoms with E-state index in [1.807, 2.05) is 0 Å². The van der Waals surface area contributed by atoms with Gasteiger partial charge in [-0.25, -0.2) is 0 Å². The molecule has 1 heteroatoms. The van der Waals surface area contributed by atoms with Crippen LogP contribution in [-0.4, -0.2) is 6.10 Å². The molecule has 1 heterocycles. The highest BCUT2D eigenvalue weighted by molar-refractivity contribution is 6.08. The van der Waals surface area contributed by atoms with Gasteiger partial charge in [-0.15, -0.1) is 0 Å². The second kappa shape index (κ2) is 6.72. The van der Waals surface area contributed by atoms with Crippen molar-refractivity contribution < 1.29 is 4.74 Å². The first kappa shape index (κ1) is 16.8. The molecule has 1 aliphatic carbocycles. The van der Waals surface area contributed by atoms with Crippen LogP contribution in [0.5, 0.6) is 0 Å². The molecule has 1 nitrogen and oxygen atoms in total.